The average molecular weight is 973 g/mol. The predicted molar refractivity (Wildman–Crippen MR) is 255 cm³/mol. The zero-order chi connectivity index (χ0) is 46.8. The molecule has 17 heteroatoms. The van der Waals surface area contributed by atoms with E-state index in [-0.39, 0.29) is 37.5 Å². The lowest BCUT2D eigenvalue weighted by molar-refractivity contribution is -0.142. The van der Waals surface area contributed by atoms with E-state index in [1.807, 2.05) is 54.6 Å². The number of nitrogens with zero attached hydrogens (tertiary/aromatic N) is 3. The Labute approximate surface area is 400 Å². The predicted octanol–water partition coefficient (Wildman–Crippen LogP) is 9.26. The number of nitrogens with one attached hydrogen (secondary N) is 1. The molecule has 2 aliphatic rings. The van der Waals surface area contributed by atoms with Gasteiger partial charge in [0, 0.05) is 23.9 Å². The van der Waals surface area contributed by atoms with E-state index in [0.29, 0.717) is 65.9 Å². The summed E-state index contributed by atoms with van der Waals surface area (Å²) in [5.74, 6) is -0.595. The second-order valence-electron chi connectivity index (χ2n) is 15.9. The molecule has 338 valence electrons. The number of carboxylic acid groups (broad SMARTS) is 1. The highest BCUT2D eigenvalue weighted by atomic mass is 35.5. The van der Waals surface area contributed by atoms with E-state index in [9.17, 15) is 23.1 Å². The van der Waals surface area contributed by atoms with Crippen LogP contribution in [0.15, 0.2) is 138 Å². The lowest BCUT2D eigenvalue weighted by atomic mass is 9.93. The fourth-order valence-electron chi connectivity index (χ4n) is 7.97. The molecule has 13 nitrogen and oxygen atoms in total. The van der Waals surface area contributed by atoms with Gasteiger partial charge in [0.25, 0.3) is 0 Å². The number of aromatic nitrogens is 1. The van der Waals surface area contributed by atoms with Gasteiger partial charge in [-0.25, -0.2) is 18.2 Å². The van der Waals surface area contributed by atoms with Crippen molar-refractivity contribution in [3.63, 3.8) is 0 Å². The molecular formula is C50H39Cl2N5O8S2. The Balaban J connectivity index is 0.953. The Hall–Kier alpha value is -6.93. The van der Waals surface area contributed by atoms with Crippen molar-refractivity contribution in [1.82, 2.24) is 14.6 Å². The Morgan fingerprint density at radius 2 is 1.55 bits per heavy atom. The molecule has 7 aromatic rings. The van der Waals surface area contributed by atoms with Crippen molar-refractivity contribution in [2.75, 3.05) is 12.3 Å². The monoisotopic (exact) mass is 971 g/mol. The quantitative estimate of drug-likeness (QED) is 0.0997. The number of rotatable bonds is 13. The number of sulfonamides is 1. The highest BCUT2D eigenvalue weighted by Crippen LogP contribution is 2.42. The second kappa shape index (κ2) is 19.1. The number of halogens is 2. The third kappa shape index (κ3) is 9.95. The number of nitrogens with two attached hydrogens (primary N) is 1. The number of hydrogen-bond acceptors (Lipinski definition) is 11. The number of benzene rings is 6. The van der Waals surface area contributed by atoms with Gasteiger partial charge in [-0.05, 0) is 106 Å². The number of carbonyl (C=O) groups excluding carboxylic acids is 1. The number of anilines is 1. The Morgan fingerprint density at radius 3 is 2.21 bits per heavy atom. The lowest BCUT2D eigenvalue weighted by Crippen LogP contribution is -2.55. The molecule has 1 aromatic heterocycles. The van der Waals surface area contributed by atoms with Gasteiger partial charge in [-0.3, -0.25) is 4.79 Å². The van der Waals surface area contributed by atoms with Gasteiger partial charge in [0.05, 0.1) is 32.3 Å². The highest BCUT2D eigenvalue weighted by molar-refractivity contribution is 7.89. The summed E-state index contributed by atoms with van der Waals surface area (Å²) in [7, 11) is -4.38. The number of carbonyl (C=O) groups is 2. The van der Waals surface area contributed by atoms with Gasteiger partial charge < -0.3 is 30.4 Å². The van der Waals surface area contributed by atoms with Crippen LogP contribution in [0.1, 0.15) is 39.5 Å². The number of carboxylic acids is 1. The second-order valence-corrected chi connectivity index (χ2v) is 19.5. The van der Waals surface area contributed by atoms with Crippen LogP contribution < -0.4 is 25.3 Å². The van der Waals surface area contributed by atoms with Crippen molar-refractivity contribution in [2.24, 2.45) is 0 Å². The fourth-order valence-corrected chi connectivity index (χ4v) is 10.4. The number of ether oxygens (including phenoxy) is 3. The molecule has 0 fully saturated rings. The molecule has 1 amide bonds. The molecule has 0 radical (unpaired) electrons. The molecule has 9 rings (SSSR count). The maximum Gasteiger partial charge on any atom is 0.326 e. The van der Waals surface area contributed by atoms with Gasteiger partial charge in [0.2, 0.25) is 15.9 Å². The van der Waals surface area contributed by atoms with Gasteiger partial charge in [0.15, 0.2) is 22.7 Å². The molecule has 3 heterocycles. The average Bonchev–Trinajstić information content (AvgIpc) is 3.79. The van der Waals surface area contributed by atoms with Crippen molar-refractivity contribution in [2.45, 2.75) is 49.1 Å². The van der Waals surface area contributed by atoms with E-state index in [2.05, 4.69) is 16.4 Å². The van der Waals surface area contributed by atoms with Gasteiger partial charge in [0.1, 0.15) is 31.0 Å². The minimum atomic E-state index is -4.38. The Kier molecular flexibility index (Phi) is 12.9. The van der Waals surface area contributed by atoms with Crippen LogP contribution in [0.25, 0.3) is 22.4 Å². The minimum Gasteiger partial charge on any atom is -0.489 e. The van der Waals surface area contributed by atoms with Crippen molar-refractivity contribution < 1.29 is 37.3 Å². The lowest BCUT2D eigenvalue weighted by Gasteiger charge is -2.37. The molecular weight excluding hydrogens is 934 g/mol. The first-order chi connectivity index (χ1) is 32.3. The molecule has 3 atom stereocenters. The summed E-state index contributed by atoms with van der Waals surface area (Å²) in [4.78, 5) is 31.3. The number of hydrogen-bond donors (Lipinski definition) is 3. The zero-order valence-electron chi connectivity index (χ0n) is 35.3. The molecule has 4 N–H and O–H groups in total. The first-order valence-corrected chi connectivity index (χ1v) is 24.0. The molecule has 0 saturated heterocycles. The molecule has 0 aliphatic carbocycles. The summed E-state index contributed by atoms with van der Waals surface area (Å²) < 4.78 is 49.1. The maximum atomic E-state index is 14.7. The first-order valence-electron chi connectivity index (χ1n) is 20.9. The number of aliphatic carboxylic acids is 1. The van der Waals surface area contributed by atoms with Gasteiger partial charge in [-0.1, -0.05) is 89.9 Å². The van der Waals surface area contributed by atoms with E-state index in [1.165, 1.54) is 23.5 Å². The van der Waals surface area contributed by atoms with Gasteiger partial charge >= 0.3 is 5.97 Å². The van der Waals surface area contributed by atoms with Crippen molar-refractivity contribution >= 4 is 61.6 Å². The van der Waals surface area contributed by atoms with Crippen LogP contribution in [-0.2, 0) is 45.6 Å². The van der Waals surface area contributed by atoms with Crippen LogP contribution in [0.4, 0.5) is 5.13 Å². The van der Waals surface area contributed by atoms with Gasteiger partial charge in [-0.15, -0.1) is 11.3 Å². The third-order valence-corrected chi connectivity index (χ3v) is 14.9. The van der Waals surface area contributed by atoms with Crippen LogP contribution in [0.5, 0.6) is 17.2 Å². The molecule has 2 aliphatic heterocycles. The molecule has 1 unspecified atom stereocenters. The van der Waals surface area contributed by atoms with E-state index in [0.717, 1.165) is 26.6 Å². The largest absolute Gasteiger partial charge is 0.489 e. The summed E-state index contributed by atoms with van der Waals surface area (Å²) in [6, 6.07) is 36.0. The summed E-state index contributed by atoms with van der Waals surface area (Å²) in [6.07, 6.45) is -0.642. The Bertz CT molecular complexity index is 3140. The van der Waals surface area contributed by atoms with Crippen LogP contribution in [0.2, 0.25) is 10.0 Å². The molecule has 6 aromatic carbocycles. The topological polar surface area (TPSA) is 194 Å². The zero-order valence-corrected chi connectivity index (χ0v) is 38.4. The van der Waals surface area contributed by atoms with Crippen molar-refractivity contribution in [3.05, 3.63) is 176 Å². The standard InChI is InChI=1S/C50H39Cl2N5O8S2/c51-40-18-5-31(19-41(40)52)26-63-38-14-10-35(11-15-38)47-27-64-45-22-36-21-44(48(58)55-42(49(59)60)20-29-1-6-32(7-2-29)33-8-3-30(24-53)4-9-33)57(25-37(36)23-46(45)65-47)67(61,62)39-16-12-34(13-17-39)43-28-66-50(54)56-43/h1-19,22-23,28,42,44,47H,20-21,25-27H2,(H2,54,56)(H,55,58)(H,59,60)/t42-,44?,47+/m0/s1. The number of thiazole rings is 1. The SMILES string of the molecule is N#Cc1ccc(-c2ccc(C[C@H](NC(=O)C3Cc4cc5c(cc4CN3S(=O)(=O)c3ccc(-c4csc(N)n4)cc3)O[C@@H](c3ccc(OCc4ccc(Cl)c(Cl)c4)cc3)CO5)C(=O)O)cc2)cc1. The van der Waals surface area contributed by atoms with Crippen LogP contribution in [0.3, 0.4) is 0 Å². The number of nitrogen functional groups attached to an aromatic ring is 1. The van der Waals surface area contributed by atoms with E-state index in [1.54, 1.807) is 66.0 Å². The Morgan fingerprint density at radius 1 is 0.881 bits per heavy atom. The van der Waals surface area contributed by atoms with E-state index in [4.69, 9.17) is 48.4 Å². The third-order valence-electron chi connectivity index (χ3n) is 11.6. The maximum absolute atomic E-state index is 14.7. The summed E-state index contributed by atoms with van der Waals surface area (Å²) in [6.45, 7) is 0.247. The van der Waals surface area contributed by atoms with Gasteiger partial charge in [-0.2, -0.15) is 9.57 Å². The first kappa shape index (κ1) is 45.2. The minimum absolute atomic E-state index is 0.0677. The smallest absolute Gasteiger partial charge is 0.326 e. The number of fused-ring (bicyclic) bond motifs is 2. The van der Waals surface area contributed by atoms with E-state index >= 15 is 0 Å². The highest BCUT2D eigenvalue weighted by Gasteiger charge is 2.42. The summed E-state index contributed by atoms with van der Waals surface area (Å²) in [5, 5.41) is 25.2. The molecule has 67 heavy (non-hydrogen) atoms. The van der Waals surface area contributed by atoms with Crippen molar-refractivity contribution in [3.8, 4) is 45.7 Å². The van der Waals surface area contributed by atoms with E-state index < -0.39 is 40.1 Å². The van der Waals surface area contributed by atoms with Crippen LogP contribution in [0, 0.1) is 11.3 Å². The summed E-state index contributed by atoms with van der Waals surface area (Å²) >= 11 is 13.5. The van der Waals surface area contributed by atoms with Crippen LogP contribution in [-0.4, -0.2) is 53.4 Å². The fraction of sp³-hybridized carbons (Fsp3) is 0.160. The number of amides is 1. The molecule has 0 spiro atoms. The number of nitriles is 1. The van der Waals surface area contributed by atoms with Crippen molar-refractivity contribution in [1.29, 1.82) is 5.26 Å². The normalized spacial score (nSPS) is 16.0. The molecule has 0 saturated carbocycles. The molecule has 0 bridgehead atoms. The van der Waals surface area contributed by atoms with Crippen LogP contribution >= 0.6 is 34.5 Å². The summed E-state index contributed by atoms with van der Waals surface area (Å²) in [5.41, 5.74) is 12.9.